The minimum Gasteiger partial charge on any atom is -0.481 e. The topological polar surface area (TPSA) is 115 Å². The molecule has 0 atom stereocenters. The predicted octanol–water partition coefficient (Wildman–Crippen LogP) is 6.74. The maximum absolute atomic E-state index is 10.4. The van der Waals surface area contributed by atoms with E-state index in [2.05, 4.69) is 19.1 Å². The van der Waals surface area contributed by atoms with Gasteiger partial charge in [0.05, 0.1) is 0 Å². The van der Waals surface area contributed by atoms with Gasteiger partial charge in [-0.15, -0.1) is 0 Å². The molecule has 4 N–H and O–H groups in total. The van der Waals surface area contributed by atoms with Gasteiger partial charge < -0.3 is 19.8 Å². The van der Waals surface area contributed by atoms with Crippen LogP contribution in [0.5, 0.6) is 0 Å². The molecule has 0 spiro atoms. The minimum atomic E-state index is -4.64. The van der Waals surface area contributed by atoms with Crippen molar-refractivity contribution in [3.63, 3.8) is 0 Å². The number of carbonyl (C=O) groups is 1. The molecule has 0 aliphatic carbocycles. The van der Waals surface area contributed by atoms with Gasteiger partial charge in [0, 0.05) is 6.42 Å². The lowest BCUT2D eigenvalue weighted by Gasteiger charge is -2.01. The van der Waals surface area contributed by atoms with Gasteiger partial charge in [0.25, 0.3) is 0 Å². The van der Waals surface area contributed by atoms with E-state index in [4.69, 9.17) is 24.4 Å². The van der Waals surface area contributed by atoms with Crippen molar-refractivity contribution < 1.29 is 29.1 Å². The Morgan fingerprint density at radius 2 is 0.966 bits per heavy atom. The summed E-state index contributed by atoms with van der Waals surface area (Å²) in [6, 6.07) is 0. The number of aliphatic carboxylic acids is 1. The molecule has 0 rings (SSSR count). The van der Waals surface area contributed by atoms with Crippen LogP contribution in [0, 0.1) is 0 Å². The Morgan fingerprint density at radius 1 is 0.655 bits per heavy atom. The lowest BCUT2D eigenvalue weighted by atomic mass is 10.1. The lowest BCUT2D eigenvalue weighted by molar-refractivity contribution is -0.137. The van der Waals surface area contributed by atoms with E-state index >= 15 is 0 Å². The van der Waals surface area contributed by atoms with E-state index < -0.39 is 13.8 Å². The standard InChI is InChI=1S/C22H42O2.H3O4P/c1-2-3-4-5-6-7-8-9-10-11-12-13-14-15-16-17-18-19-20-21-22(23)24;1-5(2,3)4/h9-10H,2-8,11-21H2,1H3,(H,23,24);(H3,1,2,3,4)/b10-9-;. The number of phosphoric acid groups is 1. The highest BCUT2D eigenvalue weighted by Crippen LogP contribution is 2.25. The van der Waals surface area contributed by atoms with E-state index in [1.165, 1.54) is 96.3 Å². The van der Waals surface area contributed by atoms with Gasteiger partial charge in [-0.05, 0) is 32.1 Å². The van der Waals surface area contributed by atoms with Crippen LogP contribution in [0.4, 0.5) is 0 Å². The second-order valence-electron chi connectivity index (χ2n) is 7.66. The van der Waals surface area contributed by atoms with Crippen LogP contribution in [0.1, 0.15) is 122 Å². The Kier molecular flexibility index (Phi) is 24.8. The van der Waals surface area contributed by atoms with Crippen LogP contribution < -0.4 is 0 Å². The maximum Gasteiger partial charge on any atom is 0.466 e. The minimum absolute atomic E-state index is 0.340. The number of hydrogen-bond donors (Lipinski definition) is 4. The van der Waals surface area contributed by atoms with Crippen molar-refractivity contribution in [2.24, 2.45) is 0 Å². The van der Waals surface area contributed by atoms with E-state index in [0.29, 0.717) is 6.42 Å². The molecular weight excluding hydrogens is 391 g/mol. The van der Waals surface area contributed by atoms with Crippen molar-refractivity contribution >= 4 is 13.8 Å². The van der Waals surface area contributed by atoms with Crippen molar-refractivity contribution in [3.05, 3.63) is 12.2 Å². The lowest BCUT2D eigenvalue weighted by Crippen LogP contribution is -1.93. The van der Waals surface area contributed by atoms with Crippen LogP contribution in [0.25, 0.3) is 0 Å². The zero-order valence-corrected chi connectivity index (χ0v) is 19.3. The van der Waals surface area contributed by atoms with E-state index in [9.17, 15) is 4.79 Å². The summed E-state index contributed by atoms with van der Waals surface area (Å²) in [5, 5.41) is 8.55. The molecule has 7 heteroatoms. The summed E-state index contributed by atoms with van der Waals surface area (Å²) in [6.07, 6.45) is 27.1. The summed E-state index contributed by atoms with van der Waals surface area (Å²) >= 11 is 0. The molecule has 0 radical (unpaired) electrons. The SMILES string of the molecule is CCCCCCCC/C=C\CCCCCCCCCCCC(=O)O.O=P(O)(O)O. The summed E-state index contributed by atoms with van der Waals surface area (Å²) in [7, 11) is -4.64. The molecule has 6 nitrogen and oxygen atoms in total. The molecule has 0 saturated carbocycles. The smallest absolute Gasteiger partial charge is 0.466 e. The van der Waals surface area contributed by atoms with Gasteiger partial charge in [0.1, 0.15) is 0 Å². The second-order valence-corrected chi connectivity index (χ2v) is 8.68. The highest BCUT2D eigenvalue weighted by atomic mass is 31.2. The Labute approximate surface area is 178 Å². The van der Waals surface area contributed by atoms with Crippen molar-refractivity contribution in [1.82, 2.24) is 0 Å². The molecule has 0 aromatic carbocycles. The van der Waals surface area contributed by atoms with E-state index in [0.717, 1.165) is 12.8 Å². The number of carboxylic acids is 1. The van der Waals surface area contributed by atoms with Crippen molar-refractivity contribution in [3.8, 4) is 0 Å². The summed E-state index contributed by atoms with van der Waals surface area (Å²) in [4.78, 5) is 31.9. The van der Waals surface area contributed by atoms with Gasteiger partial charge in [-0.2, -0.15) is 0 Å². The zero-order chi connectivity index (χ0) is 22.2. The first-order valence-electron chi connectivity index (χ1n) is 11.4. The molecule has 0 aliphatic rings. The molecule has 0 saturated heterocycles. The largest absolute Gasteiger partial charge is 0.481 e. The van der Waals surface area contributed by atoms with Gasteiger partial charge in [0.15, 0.2) is 0 Å². The fraction of sp³-hybridized carbons (Fsp3) is 0.864. The average molecular weight is 437 g/mol. The van der Waals surface area contributed by atoms with Crippen LogP contribution in [-0.4, -0.2) is 25.8 Å². The first-order chi connectivity index (χ1) is 13.8. The van der Waals surface area contributed by atoms with Crippen LogP contribution in [-0.2, 0) is 9.36 Å². The molecule has 0 fully saturated rings. The van der Waals surface area contributed by atoms with E-state index in [1.54, 1.807) is 0 Å². The van der Waals surface area contributed by atoms with Gasteiger partial charge in [-0.1, -0.05) is 96.1 Å². The van der Waals surface area contributed by atoms with Crippen LogP contribution >= 0.6 is 7.82 Å². The first-order valence-corrected chi connectivity index (χ1v) is 13.0. The van der Waals surface area contributed by atoms with Crippen LogP contribution in [0.15, 0.2) is 12.2 Å². The Hall–Kier alpha value is -0.680. The van der Waals surface area contributed by atoms with Crippen molar-refractivity contribution in [2.75, 3.05) is 0 Å². The van der Waals surface area contributed by atoms with Gasteiger partial charge in [-0.3, -0.25) is 4.79 Å². The normalized spacial score (nSPS) is 11.4. The number of carboxylic acid groups (broad SMARTS) is 1. The summed E-state index contributed by atoms with van der Waals surface area (Å²) in [5.41, 5.74) is 0. The molecule has 0 aromatic rings. The second kappa shape index (κ2) is 23.6. The Balaban J connectivity index is 0. The molecule has 0 unspecified atom stereocenters. The van der Waals surface area contributed by atoms with Crippen LogP contribution in [0.3, 0.4) is 0 Å². The van der Waals surface area contributed by atoms with Crippen molar-refractivity contribution in [1.29, 1.82) is 0 Å². The summed E-state index contributed by atoms with van der Waals surface area (Å²) in [5.74, 6) is -0.656. The van der Waals surface area contributed by atoms with E-state index in [-0.39, 0.29) is 0 Å². The van der Waals surface area contributed by atoms with Gasteiger partial charge in [-0.25, -0.2) is 4.57 Å². The third-order valence-electron chi connectivity index (χ3n) is 4.65. The fourth-order valence-electron chi connectivity index (χ4n) is 3.05. The molecule has 0 aromatic heterocycles. The van der Waals surface area contributed by atoms with Gasteiger partial charge in [0.2, 0.25) is 0 Å². The number of hydrogen-bond acceptors (Lipinski definition) is 2. The Morgan fingerprint density at radius 3 is 1.31 bits per heavy atom. The number of rotatable bonds is 19. The monoisotopic (exact) mass is 436 g/mol. The summed E-state index contributed by atoms with van der Waals surface area (Å²) < 4.78 is 8.88. The predicted molar refractivity (Wildman–Crippen MR) is 120 cm³/mol. The molecule has 0 aliphatic heterocycles. The van der Waals surface area contributed by atoms with Gasteiger partial charge >= 0.3 is 13.8 Å². The Bertz CT molecular complexity index is 411. The molecular formula is C22H45O6P. The molecule has 0 amide bonds. The molecule has 29 heavy (non-hydrogen) atoms. The number of allylic oxidation sites excluding steroid dienone is 2. The molecule has 0 heterocycles. The highest BCUT2D eigenvalue weighted by molar-refractivity contribution is 7.45. The molecule has 0 bridgehead atoms. The summed E-state index contributed by atoms with van der Waals surface area (Å²) in [6.45, 7) is 2.27. The quantitative estimate of drug-likeness (QED) is 0.101. The maximum atomic E-state index is 10.4. The van der Waals surface area contributed by atoms with E-state index in [1.807, 2.05) is 0 Å². The highest BCUT2D eigenvalue weighted by Gasteiger charge is 2.00. The fourth-order valence-corrected chi connectivity index (χ4v) is 3.05. The third-order valence-corrected chi connectivity index (χ3v) is 4.65. The van der Waals surface area contributed by atoms with Crippen molar-refractivity contribution in [2.45, 2.75) is 122 Å². The van der Waals surface area contributed by atoms with Crippen LogP contribution in [0.2, 0.25) is 0 Å². The first kappa shape index (κ1) is 30.5. The number of unbranched alkanes of at least 4 members (excludes halogenated alkanes) is 15. The average Bonchev–Trinajstić information content (AvgIpc) is 2.62. The molecule has 174 valence electrons. The zero-order valence-electron chi connectivity index (χ0n) is 18.4. The third kappa shape index (κ3) is 42.4.